The van der Waals surface area contributed by atoms with Gasteiger partial charge < -0.3 is 15.2 Å². The quantitative estimate of drug-likeness (QED) is 0.521. The average Bonchev–Trinajstić information content (AvgIpc) is 3.16. The number of nitrogens with zero attached hydrogens (tertiary/aromatic N) is 1. The number of nitrogens with one attached hydrogen (secondary N) is 2. The van der Waals surface area contributed by atoms with Gasteiger partial charge in [0.05, 0.1) is 31.2 Å². The molecular formula is C19H24ClN3O5PS+. The van der Waals surface area contributed by atoms with Crippen molar-refractivity contribution in [1.29, 1.82) is 0 Å². The zero-order valence-electron chi connectivity index (χ0n) is 16.6. The van der Waals surface area contributed by atoms with E-state index < -0.39 is 18.1 Å². The maximum absolute atomic E-state index is 12.4. The van der Waals surface area contributed by atoms with Crippen LogP contribution in [0.25, 0.3) is 0 Å². The van der Waals surface area contributed by atoms with E-state index in [-0.39, 0.29) is 11.7 Å². The van der Waals surface area contributed by atoms with Gasteiger partial charge in [-0.15, -0.1) is 0 Å². The van der Waals surface area contributed by atoms with Crippen molar-refractivity contribution in [2.45, 2.75) is 10.8 Å². The Bertz CT molecular complexity index is 992. The number of sulfone groups is 1. The zero-order chi connectivity index (χ0) is 22.3. The molecule has 1 aliphatic heterocycles. The summed E-state index contributed by atoms with van der Waals surface area (Å²) < 4.78 is 33.4. The Morgan fingerprint density at radius 3 is 2.30 bits per heavy atom. The van der Waals surface area contributed by atoms with Crippen LogP contribution in [0.1, 0.15) is 17.0 Å². The van der Waals surface area contributed by atoms with Crippen LogP contribution in [0.2, 0.25) is 5.02 Å². The second-order valence-corrected chi connectivity index (χ2v) is 10.0. The van der Waals surface area contributed by atoms with Gasteiger partial charge in [0.2, 0.25) is 0 Å². The molecule has 0 amide bonds. The van der Waals surface area contributed by atoms with Crippen LogP contribution < -0.4 is 15.2 Å². The summed E-state index contributed by atoms with van der Waals surface area (Å²) >= 11 is 5.97. The zero-order valence-corrected chi connectivity index (χ0v) is 19.0. The van der Waals surface area contributed by atoms with E-state index in [1.54, 1.807) is 12.1 Å². The molecule has 0 aliphatic carbocycles. The van der Waals surface area contributed by atoms with Crippen LogP contribution in [0.5, 0.6) is 0 Å². The maximum atomic E-state index is 12.4. The lowest BCUT2D eigenvalue weighted by molar-refractivity contribution is -0.855. The van der Waals surface area contributed by atoms with Crippen molar-refractivity contribution in [3.05, 3.63) is 64.7 Å². The summed E-state index contributed by atoms with van der Waals surface area (Å²) in [6.45, 7) is 1.29. The number of hydrazone groups is 1. The Kier molecular flexibility index (Phi) is 8.91. The Labute approximate surface area is 182 Å². The van der Waals surface area contributed by atoms with E-state index in [0.29, 0.717) is 23.0 Å². The summed E-state index contributed by atoms with van der Waals surface area (Å²) in [5, 5.41) is 5.12. The molecule has 8 nitrogen and oxygen atoms in total. The molecule has 2 aromatic carbocycles. The van der Waals surface area contributed by atoms with Crippen molar-refractivity contribution in [3.8, 4) is 0 Å². The number of quaternary nitrogens is 1. The van der Waals surface area contributed by atoms with E-state index in [1.807, 2.05) is 50.5 Å². The molecule has 0 spiro atoms. The van der Waals surface area contributed by atoms with Crippen molar-refractivity contribution >= 4 is 35.4 Å². The SMILES string of the molecule is C[NH+](C)CCS(=O)(=O)c1ccc(C2=NNCC2c2ccc(Cl)cc2)cc1.O=[P+]([O-])O. The number of halogens is 1. The van der Waals surface area contributed by atoms with Crippen LogP contribution in [0.15, 0.2) is 58.5 Å². The Hall–Kier alpha value is -1.87. The molecule has 0 saturated heterocycles. The van der Waals surface area contributed by atoms with Crippen molar-refractivity contribution in [2.24, 2.45) is 5.10 Å². The minimum absolute atomic E-state index is 0.118. The summed E-state index contributed by atoms with van der Waals surface area (Å²) in [7, 11) is -2.49. The molecule has 3 N–H and O–H groups in total. The van der Waals surface area contributed by atoms with Gasteiger partial charge in [0.15, 0.2) is 9.84 Å². The molecule has 162 valence electrons. The third kappa shape index (κ3) is 7.12. The summed E-state index contributed by atoms with van der Waals surface area (Å²) in [5.41, 5.74) is 6.01. The third-order valence-electron chi connectivity index (χ3n) is 4.48. The first-order valence-electron chi connectivity index (χ1n) is 9.11. The van der Waals surface area contributed by atoms with E-state index >= 15 is 0 Å². The summed E-state index contributed by atoms with van der Waals surface area (Å²) in [6, 6.07) is 14.8. The van der Waals surface area contributed by atoms with Gasteiger partial charge in [-0.3, -0.25) is 0 Å². The fraction of sp³-hybridized carbons (Fsp3) is 0.316. The fourth-order valence-electron chi connectivity index (χ4n) is 2.92. The molecule has 0 fully saturated rings. The minimum Gasteiger partial charge on any atom is -0.567 e. The van der Waals surface area contributed by atoms with E-state index in [1.165, 1.54) is 0 Å². The van der Waals surface area contributed by atoms with Crippen molar-refractivity contribution in [2.75, 3.05) is 32.9 Å². The van der Waals surface area contributed by atoms with Crippen LogP contribution in [-0.4, -0.2) is 52.0 Å². The molecule has 0 aromatic heterocycles. The van der Waals surface area contributed by atoms with Gasteiger partial charge in [-0.2, -0.15) is 9.99 Å². The predicted molar refractivity (Wildman–Crippen MR) is 115 cm³/mol. The van der Waals surface area contributed by atoms with Gasteiger partial charge in [0.25, 0.3) is 0 Å². The van der Waals surface area contributed by atoms with E-state index in [0.717, 1.165) is 21.7 Å². The Morgan fingerprint density at radius 1 is 1.20 bits per heavy atom. The Balaban J connectivity index is 0.000000735. The van der Waals surface area contributed by atoms with Gasteiger partial charge in [-0.1, -0.05) is 35.9 Å². The largest absolute Gasteiger partial charge is 0.567 e. The van der Waals surface area contributed by atoms with Gasteiger partial charge in [-0.25, -0.2) is 8.42 Å². The highest BCUT2D eigenvalue weighted by atomic mass is 35.5. The van der Waals surface area contributed by atoms with Crippen molar-refractivity contribution in [1.82, 2.24) is 5.43 Å². The highest BCUT2D eigenvalue weighted by molar-refractivity contribution is 7.91. The molecule has 30 heavy (non-hydrogen) atoms. The first kappa shape index (κ1) is 24.4. The molecule has 1 heterocycles. The van der Waals surface area contributed by atoms with E-state index in [4.69, 9.17) is 26.0 Å². The topological polar surface area (TPSA) is 123 Å². The summed E-state index contributed by atoms with van der Waals surface area (Å²) in [5.74, 6) is 0.261. The fourth-order valence-corrected chi connectivity index (χ4v) is 4.51. The summed E-state index contributed by atoms with van der Waals surface area (Å²) in [4.78, 5) is 17.1. The number of hydrogen-bond acceptors (Lipinski definition) is 6. The first-order valence-corrected chi connectivity index (χ1v) is 12.3. The van der Waals surface area contributed by atoms with Crippen LogP contribution in [0.3, 0.4) is 0 Å². The minimum atomic E-state index is -3.26. The standard InChI is InChI=1S/C19H22ClN3O2S.HO3P/c1-23(2)11-12-26(24,25)17-9-5-15(6-10-17)19-18(13-21-22-19)14-3-7-16(20)8-4-14;1-4(2)3/h3-10,18,21H,11-13H2,1-2H3;(H,1,2,3)/p+1. The molecule has 1 aliphatic rings. The molecule has 0 saturated carbocycles. The summed E-state index contributed by atoms with van der Waals surface area (Å²) in [6.07, 6.45) is 0. The number of hydrogen-bond donors (Lipinski definition) is 3. The van der Waals surface area contributed by atoms with Gasteiger partial charge in [0.1, 0.15) is 5.75 Å². The van der Waals surface area contributed by atoms with Crippen molar-refractivity contribution < 1.29 is 27.7 Å². The van der Waals surface area contributed by atoms with E-state index in [2.05, 4.69) is 10.5 Å². The predicted octanol–water partition coefficient (Wildman–Crippen LogP) is 0.346. The lowest BCUT2D eigenvalue weighted by Crippen LogP contribution is -3.06. The molecule has 3 rings (SSSR count). The van der Waals surface area contributed by atoms with Gasteiger partial charge in [0, 0.05) is 17.5 Å². The van der Waals surface area contributed by atoms with Gasteiger partial charge >= 0.3 is 8.25 Å². The average molecular weight is 473 g/mol. The maximum Gasteiger partial charge on any atom is 0.485 e. The molecule has 2 aromatic rings. The van der Waals surface area contributed by atoms with Crippen LogP contribution >= 0.6 is 19.9 Å². The monoisotopic (exact) mass is 472 g/mol. The molecule has 11 heteroatoms. The molecule has 2 atom stereocenters. The van der Waals surface area contributed by atoms with Crippen molar-refractivity contribution in [3.63, 3.8) is 0 Å². The Morgan fingerprint density at radius 2 is 1.77 bits per heavy atom. The highest BCUT2D eigenvalue weighted by Gasteiger charge is 2.25. The van der Waals surface area contributed by atoms with Crippen LogP contribution in [0.4, 0.5) is 0 Å². The lowest BCUT2D eigenvalue weighted by Gasteiger charge is -2.13. The number of rotatable bonds is 6. The third-order valence-corrected chi connectivity index (χ3v) is 6.46. The van der Waals surface area contributed by atoms with Crippen LogP contribution in [-0.2, 0) is 14.4 Å². The first-order chi connectivity index (χ1) is 14.1. The molecular weight excluding hydrogens is 449 g/mol. The second kappa shape index (κ2) is 10.9. The lowest BCUT2D eigenvalue weighted by atomic mass is 9.91. The second-order valence-electron chi connectivity index (χ2n) is 7.00. The van der Waals surface area contributed by atoms with Gasteiger partial charge in [-0.05, 0) is 40.0 Å². The molecule has 0 radical (unpaired) electrons. The normalized spacial score (nSPS) is 16.4. The molecule has 2 unspecified atom stereocenters. The highest BCUT2D eigenvalue weighted by Crippen LogP contribution is 2.26. The number of benzene rings is 2. The van der Waals surface area contributed by atoms with Crippen LogP contribution in [0, 0.1) is 0 Å². The van der Waals surface area contributed by atoms with E-state index in [9.17, 15) is 8.42 Å². The smallest absolute Gasteiger partial charge is 0.485 e. The molecule has 0 bridgehead atoms.